The van der Waals surface area contributed by atoms with E-state index in [1.165, 1.54) is 30.5 Å². The summed E-state index contributed by atoms with van der Waals surface area (Å²) in [5, 5.41) is 15.8. The molecule has 0 saturated carbocycles. The molecule has 0 atom stereocenters. The third-order valence-electron chi connectivity index (χ3n) is 3.62. The van der Waals surface area contributed by atoms with Gasteiger partial charge in [-0.3, -0.25) is 4.79 Å². The summed E-state index contributed by atoms with van der Waals surface area (Å²) in [6.45, 7) is -0.0120. The van der Waals surface area contributed by atoms with Crippen LogP contribution in [-0.4, -0.2) is 18.7 Å². The summed E-state index contributed by atoms with van der Waals surface area (Å²) in [4.78, 5) is 11.8. The van der Waals surface area contributed by atoms with Crippen molar-refractivity contribution in [3.05, 3.63) is 77.8 Å². The highest BCUT2D eigenvalue weighted by Gasteiger charge is 2.08. The molecule has 0 radical (unpaired) electrons. The van der Waals surface area contributed by atoms with Crippen LogP contribution in [0.15, 0.2) is 70.2 Å². The first-order chi connectivity index (χ1) is 13.2. The summed E-state index contributed by atoms with van der Waals surface area (Å²) in [5.74, 6) is 0.268. The molecule has 1 aromatic heterocycles. The molecule has 1 heterocycles. The minimum absolute atomic E-state index is 0.0120. The number of carbonyl (C=O) groups excluding carboxylic acids is 1. The van der Waals surface area contributed by atoms with Crippen LogP contribution in [0.5, 0.6) is 0 Å². The average molecular weight is 362 g/mol. The second kappa shape index (κ2) is 8.45. The van der Waals surface area contributed by atoms with E-state index in [-0.39, 0.29) is 18.3 Å². The van der Waals surface area contributed by atoms with Gasteiger partial charge in [0.2, 0.25) is 0 Å². The molecule has 0 saturated heterocycles. The van der Waals surface area contributed by atoms with Crippen LogP contribution in [-0.2, 0) is 4.79 Å². The molecule has 134 valence electrons. The van der Waals surface area contributed by atoms with Gasteiger partial charge in [0, 0.05) is 11.3 Å². The molecule has 27 heavy (non-hydrogen) atoms. The maximum atomic E-state index is 12.8. The van der Waals surface area contributed by atoms with Gasteiger partial charge in [-0.1, -0.05) is 12.1 Å². The largest absolute Gasteiger partial charge is 0.455 e. The number of anilines is 1. The molecular weight excluding hydrogens is 347 g/mol. The van der Waals surface area contributed by atoms with Crippen LogP contribution in [0.2, 0.25) is 0 Å². The zero-order chi connectivity index (χ0) is 19.1. The molecule has 1 amide bonds. The highest BCUT2D eigenvalue weighted by atomic mass is 19.1. The van der Waals surface area contributed by atoms with Gasteiger partial charge in [-0.05, 0) is 48.5 Å². The second-order valence-electron chi connectivity index (χ2n) is 5.51. The second-order valence-corrected chi connectivity index (χ2v) is 5.51. The average Bonchev–Trinajstić information content (AvgIpc) is 3.16. The lowest BCUT2D eigenvalue weighted by molar-refractivity contribution is -0.119. The van der Waals surface area contributed by atoms with E-state index in [4.69, 9.17) is 9.68 Å². The third-order valence-corrected chi connectivity index (χ3v) is 3.62. The Morgan fingerprint density at radius 2 is 1.93 bits per heavy atom. The lowest BCUT2D eigenvalue weighted by atomic mass is 10.1. The van der Waals surface area contributed by atoms with Crippen molar-refractivity contribution in [1.29, 1.82) is 5.26 Å². The number of carbonyl (C=O) groups is 1. The normalized spacial score (nSPS) is 10.5. The van der Waals surface area contributed by atoms with E-state index in [1.54, 1.807) is 30.3 Å². The van der Waals surface area contributed by atoms with Crippen molar-refractivity contribution < 1.29 is 13.6 Å². The molecule has 0 bridgehead atoms. The Labute approximate surface area is 154 Å². The number of hydrogen-bond acceptors (Lipinski definition) is 5. The van der Waals surface area contributed by atoms with Crippen LogP contribution in [0.25, 0.3) is 11.3 Å². The maximum absolute atomic E-state index is 12.8. The number of nitrogens with zero attached hydrogens (tertiary/aromatic N) is 2. The third kappa shape index (κ3) is 4.80. The van der Waals surface area contributed by atoms with Crippen LogP contribution in [0.1, 0.15) is 11.3 Å². The quantitative estimate of drug-likeness (QED) is 0.518. The molecule has 0 fully saturated rings. The molecule has 0 aliphatic heterocycles. The molecule has 6 nitrogen and oxygen atoms in total. The van der Waals surface area contributed by atoms with Gasteiger partial charge in [0.1, 0.15) is 17.3 Å². The smallest absolute Gasteiger partial charge is 0.259 e. The molecule has 0 spiro atoms. The number of benzene rings is 2. The van der Waals surface area contributed by atoms with Crippen molar-refractivity contribution in [3.63, 3.8) is 0 Å². The fraction of sp³-hybridized carbons (Fsp3) is 0.0500. The summed E-state index contributed by atoms with van der Waals surface area (Å²) in [7, 11) is 0. The molecule has 7 heteroatoms. The molecule has 0 aliphatic carbocycles. The van der Waals surface area contributed by atoms with Gasteiger partial charge in [-0.15, -0.1) is 0 Å². The number of hydrogen-bond donors (Lipinski definition) is 2. The van der Waals surface area contributed by atoms with Gasteiger partial charge < -0.3 is 9.73 Å². The molecule has 0 aliphatic rings. The maximum Gasteiger partial charge on any atom is 0.259 e. The van der Waals surface area contributed by atoms with Gasteiger partial charge in [-0.25, -0.2) is 9.82 Å². The number of rotatable bonds is 6. The molecule has 2 N–H and O–H groups in total. The number of hydrazone groups is 1. The Kier molecular flexibility index (Phi) is 5.60. The van der Waals surface area contributed by atoms with Gasteiger partial charge >= 0.3 is 0 Å². The molecular formula is C20H15FN4O2. The van der Waals surface area contributed by atoms with E-state index in [9.17, 15) is 9.18 Å². The summed E-state index contributed by atoms with van der Waals surface area (Å²) in [6.07, 6.45) is 1.37. The van der Waals surface area contributed by atoms with Gasteiger partial charge in [0.25, 0.3) is 5.91 Å². The highest BCUT2D eigenvalue weighted by Crippen LogP contribution is 2.24. The van der Waals surface area contributed by atoms with Crippen molar-refractivity contribution in [3.8, 4) is 17.4 Å². The first-order valence-corrected chi connectivity index (χ1v) is 8.06. The first kappa shape index (κ1) is 17.9. The molecule has 0 unspecified atom stereocenters. The predicted octanol–water partition coefficient (Wildman–Crippen LogP) is 3.52. The van der Waals surface area contributed by atoms with Crippen LogP contribution < -0.4 is 10.7 Å². The first-order valence-electron chi connectivity index (χ1n) is 8.06. The van der Waals surface area contributed by atoms with E-state index < -0.39 is 0 Å². The van der Waals surface area contributed by atoms with E-state index >= 15 is 0 Å². The van der Waals surface area contributed by atoms with E-state index in [1.807, 2.05) is 6.07 Å². The summed E-state index contributed by atoms with van der Waals surface area (Å²) < 4.78 is 18.4. The molecule has 3 rings (SSSR count). The summed E-state index contributed by atoms with van der Waals surface area (Å²) in [6, 6.07) is 18.3. The minimum atomic E-state index is -0.364. The zero-order valence-electron chi connectivity index (χ0n) is 14.1. The minimum Gasteiger partial charge on any atom is -0.455 e. The molecule has 2 aromatic carbocycles. The monoisotopic (exact) mass is 362 g/mol. The number of furan rings is 1. The van der Waals surface area contributed by atoms with Gasteiger partial charge in [-0.2, -0.15) is 10.4 Å². The number of nitrogens with one attached hydrogen (secondary N) is 2. The fourth-order valence-electron chi connectivity index (χ4n) is 2.32. The van der Waals surface area contributed by atoms with Gasteiger partial charge in [0.15, 0.2) is 0 Å². The number of halogens is 1. The SMILES string of the molecule is N#Cc1ccccc1-c1ccc(/C=N\NC(=O)CNc2ccc(F)cc2)o1. The number of amides is 1. The van der Waals surface area contributed by atoms with Crippen LogP contribution in [0, 0.1) is 17.1 Å². The summed E-state index contributed by atoms with van der Waals surface area (Å²) >= 11 is 0. The predicted molar refractivity (Wildman–Crippen MR) is 99.5 cm³/mol. The standard InChI is InChI=1S/C20H15FN4O2/c21-15-5-7-16(8-6-15)23-13-20(26)25-24-12-17-9-10-19(27-17)18-4-2-1-3-14(18)11-22/h1-10,12,23H,13H2,(H,25,26)/b24-12-. The zero-order valence-corrected chi connectivity index (χ0v) is 14.1. The number of nitriles is 1. The van der Waals surface area contributed by atoms with Crippen molar-refractivity contribution in [2.45, 2.75) is 0 Å². The van der Waals surface area contributed by atoms with E-state index in [0.29, 0.717) is 28.3 Å². The van der Waals surface area contributed by atoms with Crippen LogP contribution in [0.3, 0.4) is 0 Å². The van der Waals surface area contributed by atoms with Gasteiger partial charge in [0.05, 0.1) is 24.4 Å². The Bertz CT molecular complexity index is 1000. The Morgan fingerprint density at radius 3 is 2.70 bits per heavy atom. The Hall–Kier alpha value is -3.92. The summed E-state index contributed by atoms with van der Waals surface area (Å²) in [5.41, 5.74) is 4.19. The topological polar surface area (TPSA) is 90.4 Å². The Morgan fingerprint density at radius 1 is 1.15 bits per heavy atom. The Balaban J connectivity index is 1.54. The van der Waals surface area contributed by atoms with E-state index in [2.05, 4.69) is 21.9 Å². The fourth-order valence-corrected chi connectivity index (χ4v) is 2.32. The lowest BCUT2D eigenvalue weighted by Crippen LogP contribution is -2.25. The highest BCUT2D eigenvalue weighted by molar-refractivity contribution is 5.83. The van der Waals surface area contributed by atoms with Crippen molar-refractivity contribution in [2.24, 2.45) is 5.10 Å². The van der Waals surface area contributed by atoms with Crippen LogP contribution >= 0.6 is 0 Å². The van der Waals surface area contributed by atoms with Crippen molar-refractivity contribution in [2.75, 3.05) is 11.9 Å². The van der Waals surface area contributed by atoms with Crippen molar-refractivity contribution >= 4 is 17.8 Å². The van der Waals surface area contributed by atoms with E-state index in [0.717, 1.165) is 0 Å². The van der Waals surface area contributed by atoms with Crippen molar-refractivity contribution in [1.82, 2.24) is 5.43 Å². The molecule has 3 aromatic rings. The van der Waals surface area contributed by atoms with Crippen LogP contribution in [0.4, 0.5) is 10.1 Å². The lowest BCUT2D eigenvalue weighted by Gasteiger charge is -2.04.